The molecule has 0 radical (unpaired) electrons. The van der Waals surface area contributed by atoms with E-state index >= 15 is 0 Å². The molecule has 5 nitrogen and oxygen atoms in total. The molecule has 1 aromatic rings. The first-order valence-electron chi connectivity index (χ1n) is 4.78. The van der Waals surface area contributed by atoms with E-state index in [1.165, 1.54) is 0 Å². The van der Waals surface area contributed by atoms with Gasteiger partial charge in [0.25, 0.3) is 0 Å². The maximum Gasteiger partial charge on any atom is 0.323 e. The number of nitrogens with two attached hydrogens (primary N) is 1. The highest BCUT2D eigenvalue weighted by Crippen LogP contribution is 2.02. The average Bonchev–Trinajstić information content (AvgIpc) is 2.26. The standard InChI is InChI=1S/C10H15N3O2/c1-7(2)9(11)10(14)15-6-8-5-12-3-4-13-8/h3-5,7,9H,6,11H2,1-2H3/t9-/m0/s1. The minimum atomic E-state index is -0.582. The molecular formula is C10H15N3O2. The predicted octanol–water partition coefficient (Wildman–Crippen LogP) is 0.503. The number of carbonyl (C=O) groups is 1. The van der Waals surface area contributed by atoms with Crippen LogP contribution in [-0.2, 0) is 16.1 Å². The second kappa shape index (κ2) is 5.41. The van der Waals surface area contributed by atoms with E-state index in [0.29, 0.717) is 5.69 Å². The Bertz CT molecular complexity index is 314. The van der Waals surface area contributed by atoms with Crippen LogP contribution >= 0.6 is 0 Å². The second-order valence-corrected chi connectivity index (χ2v) is 3.57. The summed E-state index contributed by atoms with van der Waals surface area (Å²) in [5.74, 6) is -0.338. The van der Waals surface area contributed by atoms with Crippen LogP contribution in [0.4, 0.5) is 0 Å². The van der Waals surface area contributed by atoms with Crippen LogP contribution in [0.3, 0.4) is 0 Å². The van der Waals surface area contributed by atoms with Crippen LogP contribution in [0, 0.1) is 5.92 Å². The molecule has 0 spiro atoms. The number of hydrogen-bond acceptors (Lipinski definition) is 5. The zero-order chi connectivity index (χ0) is 11.3. The van der Waals surface area contributed by atoms with Gasteiger partial charge >= 0.3 is 5.97 Å². The van der Waals surface area contributed by atoms with Gasteiger partial charge in [0.1, 0.15) is 12.6 Å². The number of hydrogen-bond donors (Lipinski definition) is 1. The van der Waals surface area contributed by atoms with E-state index in [9.17, 15) is 4.79 Å². The number of esters is 1. The van der Waals surface area contributed by atoms with E-state index in [0.717, 1.165) is 0 Å². The maximum absolute atomic E-state index is 11.4. The predicted molar refractivity (Wildman–Crippen MR) is 54.6 cm³/mol. The lowest BCUT2D eigenvalue weighted by atomic mass is 10.1. The molecule has 2 N–H and O–H groups in total. The van der Waals surface area contributed by atoms with Crippen molar-refractivity contribution in [1.82, 2.24) is 9.97 Å². The van der Waals surface area contributed by atoms with Crippen molar-refractivity contribution in [1.29, 1.82) is 0 Å². The summed E-state index contributed by atoms with van der Waals surface area (Å²) < 4.78 is 4.98. The van der Waals surface area contributed by atoms with Gasteiger partial charge in [-0.25, -0.2) is 0 Å². The van der Waals surface area contributed by atoms with Crippen molar-refractivity contribution < 1.29 is 9.53 Å². The third-order valence-electron chi connectivity index (χ3n) is 1.97. The van der Waals surface area contributed by atoms with Gasteiger partial charge in [0.2, 0.25) is 0 Å². The fourth-order valence-electron chi connectivity index (χ4n) is 0.918. The van der Waals surface area contributed by atoms with Crippen molar-refractivity contribution in [2.45, 2.75) is 26.5 Å². The van der Waals surface area contributed by atoms with Crippen LogP contribution in [0.15, 0.2) is 18.6 Å². The van der Waals surface area contributed by atoms with Crippen molar-refractivity contribution in [3.05, 3.63) is 24.3 Å². The molecule has 0 aliphatic carbocycles. The largest absolute Gasteiger partial charge is 0.458 e. The molecule has 0 saturated heterocycles. The van der Waals surface area contributed by atoms with Crippen molar-refractivity contribution in [3.63, 3.8) is 0 Å². The zero-order valence-corrected chi connectivity index (χ0v) is 8.88. The minimum absolute atomic E-state index is 0.0688. The Labute approximate surface area is 88.7 Å². The maximum atomic E-state index is 11.4. The van der Waals surface area contributed by atoms with Gasteiger partial charge in [0.05, 0.1) is 11.9 Å². The number of carbonyl (C=O) groups excluding carboxylic acids is 1. The van der Waals surface area contributed by atoms with Crippen LogP contribution in [-0.4, -0.2) is 22.0 Å². The van der Waals surface area contributed by atoms with Gasteiger partial charge in [-0.2, -0.15) is 0 Å². The van der Waals surface area contributed by atoms with E-state index in [1.807, 2.05) is 13.8 Å². The fraction of sp³-hybridized carbons (Fsp3) is 0.500. The number of ether oxygens (including phenoxy) is 1. The van der Waals surface area contributed by atoms with Gasteiger partial charge < -0.3 is 10.5 Å². The molecule has 15 heavy (non-hydrogen) atoms. The molecule has 82 valence electrons. The smallest absolute Gasteiger partial charge is 0.323 e. The van der Waals surface area contributed by atoms with Crippen LogP contribution in [0.5, 0.6) is 0 Å². The van der Waals surface area contributed by atoms with E-state index in [2.05, 4.69) is 9.97 Å². The van der Waals surface area contributed by atoms with Crippen molar-refractivity contribution in [3.8, 4) is 0 Å². The second-order valence-electron chi connectivity index (χ2n) is 3.57. The van der Waals surface area contributed by atoms with Crippen LogP contribution < -0.4 is 5.73 Å². The molecule has 0 saturated carbocycles. The Hall–Kier alpha value is -1.49. The number of nitrogens with zero attached hydrogens (tertiary/aromatic N) is 2. The van der Waals surface area contributed by atoms with Gasteiger partial charge in [-0.3, -0.25) is 14.8 Å². The quantitative estimate of drug-likeness (QED) is 0.731. The highest BCUT2D eigenvalue weighted by molar-refractivity contribution is 5.75. The van der Waals surface area contributed by atoms with E-state index in [1.54, 1.807) is 18.6 Å². The molecule has 0 aromatic carbocycles. The topological polar surface area (TPSA) is 78.1 Å². The highest BCUT2D eigenvalue weighted by atomic mass is 16.5. The van der Waals surface area contributed by atoms with Crippen molar-refractivity contribution in [2.75, 3.05) is 0 Å². The summed E-state index contributed by atoms with van der Waals surface area (Å²) in [5.41, 5.74) is 6.23. The van der Waals surface area contributed by atoms with E-state index in [-0.39, 0.29) is 12.5 Å². The van der Waals surface area contributed by atoms with Crippen molar-refractivity contribution >= 4 is 5.97 Å². The SMILES string of the molecule is CC(C)[C@H](N)C(=O)OCc1cnccn1. The molecule has 0 aliphatic heterocycles. The Morgan fingerprint density at radius 3 is 2.80 bits per heavy atom. The summed E-state index contributed by atoms with van der Waals surface area (Å²) in [6.07, 6.45) is 4.66. The Kier molecular flexibility index (Phi) is 4.17. The fourth-order valence-corrected chi connectivity index (χ4v) is 0.918. The normalized spacial score (nSPS) is 12.5. The molecule has 0 unspecified atom stereocenters. The monoisotopic (exact) mass is 209 g/mol. The average molecular weight is 209 g/mol. The lowest BCUT2D eigenvalue weighted by molar-refractivity contribution is -0.147. The molecule has 5 heteroatoms. The van der Waals surface area contributed by atoms with Gasteiger partial charge in [0.15, 0.2) is 0 Å². The molecule has 0 bridgehead atoms. The summed E-state index contributed by atoms with van der Waals surface area (Å²) in [5, 5.41) is 0. The Morgan fingerprint density at radius 1 is 1.53 bits per heavy atom. The molecule has 0 amide bonds. The summed E-state index contributed by atoms with van der Waals surface area (Å²) in [6.45, 7) is 3.86. The van der Waals surface area contributed by atoms with Crippen LogP contribution in [0.2, 0.25) is 0 Å². The third-order valence-corrected chi connectivity index (χ3v) is 1.97. The van der Waals surface area contributed by atoms with Gasteiger partial charge in [-0.15, -0.1) is 0 Å². The number of aromatic nitrogens is 2. The van der Waals surface area contributed by atoms with E-state index in [4.69, 9.17) is 10.5 Å². The Morgan fingerprint density at radius 2 is 2.27 bits per heavy atom. The summed E-state index contributed by atoms with van der Waals surface area (Å²) >= 11 is 0. The van der Waals surface area contributed by atoms with Crippen molar-refractivity contribution in [2.24, 2.45) is 11.7 Å². The number of rotatable bonds is 4. The molecule has 1 aromatic heterocycles. The molecule has 1 atom stereocenters. The molecule has 1 heterocycles. The lowest BCUT2D eigenvalue weighted by Crippen LogP contribution is -2.36. The van der Waals surface area contributed by atoms with Crippen LogP contribution in [0.25, 0.3) is 0 Å². The van der Waals surface area contributed by atoms with Gasteiger partial charge in [-0.05, 0) is 5.92 Å². The van der Waals surface area contributed by atoms with E-state index < -0.39 is 12.0 Å². The molecule has 0 fully saturated rings. The molecular weight excluding hydrogens is 194 g/mol. The van der Waals surface area contributed by atoms with Gasteiger partial charge in [-0.1, -0.05) is 13.8 Å². The molecule has 0 aliphatic rings. The zero-order valence-electron chi connectivity index (χ0n) is 8.88. The third kappa shape index (κ3) is 3.63. The summed E-state index contributed by atoms with van der Waals surface area (Å²) in [7, 11) is 0. The summed E-state index contributed by atoms with van der Waals surface area (Å²) in [6, 6.07) is -0.582. The first-order chi connectivity index (χ1) is 7.11. The van der Waals surface area contributed by atoms with Crippen LogP contribution in [0.1, 0.15) is 19.5 Å². The lowest BCUT2D eigenvalue weighted by Gasteiger charge is -2.13. The summed E-state index contributed by atoms with van der Waals surface area (Å²) in [4.78, 5) is 19.2. The first kappa shape index (κ1) is 11.6. The van der Waals surface area contributed by atoms with Gasteiger partial charge in [0, 0.05) is 12.4 Å². The molecule has 1 rings (SSSR count). The minimum Gasteiger partial charge on any atom is -0.458 e. The Balaban J connectivity index is 2.41. The highest BCUT2D eigenvalue weighted by Gasteiger charge is 2.18. The first-order valence-corrected chi connectivity index (χ1v) is 4.78.